The highest BCUT2D eigenvalue weighted by Gasteiger charge is 2.20. The van der Waals surface area contributed by atoms with Gasteiger partial charge < -0.3 is 16.0 Å². The molecule has 0 saturated carbocycles. The standard InChI is InChI=1S/C17H17F2N3O2/c1-10(12-5-8-14(18)15(19)9-12)22(2)16(23)11-3-6-13(7-4-11)21-17(20)24/h3-10H,1-2H3,(H3,20,21,24). The monoisotopic (exact) mass is 333 g/mol. The Kier molecular flexibility index (Phi) is 5.13. The lowest BCUT2D eigenvalue weighted by Crippen LogP contribution is -2.29. The number of rotatable bonds is 4. The minimum absolute atomic E-state index is 0.294. The lowest BCUT2D eigenvalue weighted by atomic mass is 10.1. The van der Waals surface area contributed by atoms with Crippen molar-refractivity contribution in [3.63, 3.8) is 0 Å². The Balaban J connectivity index is 2.15. The smallest absolute Gasteiger partial charge is 0.316 e. The van der Waals surface area contributed by atoms with E-state index in [0.29, 0.717) is 16.8 Å². The van der Waals surface area contributed by atoms with Crippen molar-refractivity contribution < 1.29 is 18.4 Å². The van der Waals surface area contributed by atoms with Crippen molar-refractivity contribution in [2.24, 2.45) is 5.73 Å². The Labute approximate surface area is 138 Å². The van der Waals surface area contributed by atoms with Crippen LogP contribution in [0.15, 0.2) is 42.5 Å². The van der Waals surface area contributed by atoms with Crippen molar-refractivity contribution in [2.75, 3.05) is 12.4 Å². The van der Waals surface area contributed by atoms with Crippen molar-refractivity contribution in [1.29, 1.82) is 0 Å². The van der Waals surface area contributed by atoms with Crippen LogP contribution >= 0.6 is 0 Å². The molecule has 24 heavy (non-hydrogen) atoms. The molecule has 0 radical (unpaired) electrons. The number of nitrogens with two attached hydrogens (primary N) is 1. The Hall–Kier alpha value is -2.96. The summed E-state index contributed by atoms with van der Waals surface area (Å²) in [4.78, 5) is 24.7. The first-order valence-electron chi connectivity index (χ1n) is 7.18. The van der Waals surface area contributed by atoms with Crippen molar-refractivity contribution >= 4 is 17.6 Å². The molecular formula is C17H17F2N3O2. The van der Waals surface area contributed by atoms with E-state index in [-0.39, 0.29) is 5.91 Å². The minimum atomic E-state index is -0.956. The average molecular weight is 333 g/mol. The van der Waals surface area contributed by atoms with Gasteiger partial charge in [-0.1, -0.05) is 6.07 Å². The summed E-state index contributed by atoms with van der Waals surface area (Å²) in [5, 5.41) is 2.40. The first kappa shape index (κ1) is 17.4. The largest absolute Gasteiger partial charge is 0.351 e. The third kappa shape index (κ3) is 3.87. The SMILES string of the molecule is CC(c1ccc(F)c(F)c1)N(C)C(=O)c1ccc(NC(N)=O)cc1. The molecule has 2 rings (SSSR count). The number of nitrogens with zero attached hydrogens (tertiary/aromatic N) is 1. The van der Waals surface area contributed by atoms with E-state index in [9.17, 15) is 18.4 Å². The zero-order valence-corrected chi connectivity index (χ0v) is 13.2. The number of hydrogen-bond acceptors (Lipinski definition) is 2. The maximum atomic E-state index is 13.4. The minimum Gasteiger partial charge on any atom is -0.351 e. The summed E-state index contributed by atoms with van der Waals surface area (Å²) >= 11 is 0. The molecular weight excluding hydrogens is 316 g/mol. The van der Waals surface area contributed by atoms with Gasteiger partial charge in [-0.3, -0.25) is 4.79 Å². The Morgan fingerprint density at radius 3 is 2.25 bits per heavy atom. The molecule has 0 bridgehead atoms. The second-order valence-electron chi connectivity index (χ2n) is 5.33. The summed E-state index contributed by atoms with van der Waals surface area (Å²) in [5.74, 6) is -2.18. The molecule has 1 atom stereocenters. The van der Waals surface area contributed by atoms with Crippen LogP contribution in [0.2, 0.25) is 0 Å². The van der Waals surface area contributed by atoms with Crippen LogP contribution in [-0.4, -0.2) is 23.9 Å². The predicted octanol–water partition coefficient (Wildman–Crippen LogP) is 3.29. The van der Waals surface area contributed by atoms with Crippen molar-refractivity contribution in [1.82, 2.24) is 4.90 Å². The highest BCUT2D eigenvalue weighted by atomic mass is 19.2. The Bertz CT molecular complexity index is 763. The average Bonchev–Trinajstić information content (AvgIpc) is 2.55. The van der Waals surface area contributed by atoms with E-state index in [1.54, 1.807) is 38.2 Å². The van der Waals surface area contributed by atoms with Crippen LogP contribution in [0.1, 0.15) is 28.9 Å². The Morgan fingerprint density at radius 2 is 1.71 bits per heavy atom. The second kappa shape index (κ2) is 7.08. The van der Waals surface area contributed by atoms with E-state index in [4.69, 9.17) is 5.73 Å². The number of amides is 3. The molecule has 1 unspecified atom stereocenters. The number of benzene rings is 2. The van der Waals surface area contributed by atoms with Gasteiger partial charge in [-0.15, -0.1) is 0 Å². The van der Waals surface area contributed by atoms with Crippen molar-refractivity contribution in [2.45, 2.75) is 13.0 Å². The van der Waals surface area contributed by atoms with Crippen LogP contribution in [0.4, 0.5) is 19.3 Å². The lowest BCUT2D eigenvalue weighted by Gasteiger charge is -2.25. The molecule has 0 fully saturated rings. The van der Waals surface area contributed by atoms with Crippen LogP contribution in [0, 0.1) is 11.6 Å². The number of hydrogen-bond donors (Lipinski definition) is 2. The predicted molar refractivity (Wildman–Crippen MR) is 86.5 cm³/mol. The topological polar surface area (TPSA) is 75.4 Å². The number of primary amides is 1. The summed E-state index contributed by atoms with van der Waals surface area (Å²) in [6.45, 7) is 1.72. The summed E-state index contributed by atoms with van der Waals surface area (Å²) in [6.07, 6.45) is 0. The van der Waals surface area contributed by atoms with Crippen LogP contribution in [0.25, 0.3) is 0 Å². The molecule has 0 aliphatic heterocycles. The molecule has 0 saturated heterocycles. The zero-order valence-electron chi connectivity index (χ0n) is 13.2. The van der Waals surface area contributed by atoms with Crippen molar-refractivity contribution in [3.8, 4) is 0 Å². The van der Waals surface area contributed by atoms with Gasteiger partial charge in [0.1, 0.15) is 0 Å². The van der Waals surface area contributed by atoms with E-state index in [0.717, 1.165) is 12.1 Å². The molecule has 126 valence electrons. The van der Waals surface area contributed by atoms with Gasteiger partial charge in [-0.25, -0.2) is 13.6 Å². The second-order valence-corrected chi connectivity index (χ2v) is 5.33. The van der Waals surface area contributed by atoms with Crippen LogP contribution in [-0.2, 0) is 0 Å². The van der Waals surface area contributed by atoms with E-state index in [2.05, 4.69) is 5.32 Å². The summed E-state index contributed by atoms with van der Waals surface area (Å²) < 4.78 is 26.4. The van der Waals surface area contributed by atoms with E-state index in [1.165, 1.54) is 11.0 Å². The highest BCUT2D eigenvalue weighted by molar-refractivity contribution is 5.95. The first-order valence-corrected chi connectivity index (χ1v) is 7.18. The lowest BCUT2D eigenvalue weighted by molar-refractivity contribution is 0.0742. The van der Waals surface area contributed by atoms with Gasteiger partial charge in [0.2, 0.25) is 0 Å². The van der Waals surface area contributed by atoms with Crippen LogP contribution < -0.4 is 11.1 Å². The van der Waals surface area contributed by atoms with Gasteiger partial charge in [0, 0.05) is 18.3 Å². The molecule has 0 aliphatic carbocycles. The molecule has 2 aromatic rings. The summed E-state index contributed by atoms with van der Waals surface area (Å²) in [5.41, 5.74) is 6.36. The number of urea groups is 1. The van der Waals surface area contributed by atoms with Gasteiger partial charge in [-0.2, -0.15) is 0 Å². The first-order chi connectivity index (χ1) is 11.3. The van der Waals surface area contributed by atoms with Crippen molar-refractivity contribution in [3.05, 3.63) is 65.2 Å². The third-order valence-corrected chi connectivity index (χ3v) is 3.73. The number of anilines is 1. The molecule has 3 N–H and O–H groups in total. The third-order valence-electron chi connectivity index (χ3n) is 3.73. The summed E-state index contributed by atoms with van der Waals surface area (Å²) in [7, 11) is 1.57. The van der Waals surface area contributed by atoms with Gasteiger partial charge >= 0.3 is 6.03 Å². The fourth-order valence-electron chi connectivity index (χ4n) is 2.21. The Morgan fingerprint density at radius 1 is 1.08 bits per heavy atom. The quantitative estimate of drug-likeness (QED) is 0.901. The maximum Gasteiger partial charge on any atom is 0.316 e. The number of nitrogens with one attached hydrogen (secondary N) is 1. The fraction of sp³-hybridized carbons (Fsp3) is 0.176. The van der Waals surface area contributed by atoms with Gasteiger partial charge in [0.25, 0.3) is 5.91 Å². The maximum absolute atomic E-state index is 13.4. The molecule has 0 spiro atoms. The molecule has 0 aliphatic rings. The molecule has 0 aromatic heterocycles. The molecule has 3 amide bonds. The van der Waals surface area contributed by atoms with E-state index < -0.39 is 23.7 Å². The number of halogens is 2. The molecule has 2 aromatic carbocycles. The van der Waals surface area contributed by atoms with Crippen LogP contribution in [0.5, 0.6) is 0 Å². The molecule has 0 heterocycles. The van der Waals surface area contributed by atoms with Gasteiger partial charge in [0.15, 0.2) is 11.6 Å². The number of carbonyl (C=O) groups is 2. The zero-order chi connectivity index (χ0) is 17.9. The van der Waals surface area contributed by atoms with Crippen LogP contribution in [0.3, 0.4) is 0 Å². The summed E-state index contributed by atoms with van der Waals surface area (Å²) in [6, 6.07) is 8.58. The number of carbonyl (C=O) groups excluding carboxylic acids is 2. The molecule has 5 nitrogen and oxygen atoms in total. The highest BCUT2D eigenvalue weighted by Crippen LogP contribution is 2.23. The van der Waals surface area contributed by atoms with Gasteiger partial charge in [-0.05, 0) is 48.9 Å². The van der Waals surface area contributed by atoms with E-state index in [1.807, 2.05) is 0 Å². The normalized spacial score (nSPS) is 11.7. The fourth-order valence-corrected chi connectivity index (χ4v) is 2.21. The van der Waals surface area contributed by atoms with E-state index >= 15 is 0 Å². The van der Waals surface area contributed by atoms with Gasteiger partial charge in [0.05, 0.1) is 6.04 Å². The molecule has 7 heteroatoms.